The van der Waals surface area contributed by atoms with Gasteiger partial charge in [-0.2, -0.15) is 0 Å². The lowest BCUT2D eigenvalue weighted by atomic mass is 10.2. The van der Waals surface area contributed by atoms with E-state index in [1.807, 2.05) is 6.92 Å². The number of fused-ring (bicyclic) bond motifs is 1. The number of H-pyrrole nitrogens is 1. The highest BCUT2D eigenvalue weighted by atomic mass is 16.5. The zero-order valence-corrected chi connectivity index (χ0v) is 8.46. The van der Waals surface area contributed by atoms with Crippen molar-refractivity contribution < 1.29 is 9.53 Å². The van der Waals surface area contributed by atoms with Crippen molar-refractivity contribution in [1.29, 1.82) is 0 Å². The topological polar surface area (TPSA) is 84.1 Å². The number of anilines is 1. The fourth-order valence-electron chi connectivity index (χ4n) is 1.43. The maximum atomic E-state index is 11.5. The third kappa shape index (κ3) is 1.58. The second-order valence-corrected chi connectivity index (χ2v) is 3.33. The highest BCUT2D eigenvalue weighted by Crippen LogP contribution is 2.23. The van der Waals surface area contributed by atoms with Crippen molar-refractivity contribution in [1.82, 2.24) is 9.97 Å². The molecule has 80 valence electrons. The van der Waals surface area contributed by atoms with E-state index in [1.54, 1.807) is 6.92 Å². The second kappa shape index (κ2) is 3.38. The summed E-state index contributed by atoms with van der Waals surface area (Å²) in [5, 5.41) is 2.55. The van der Waals surface area contributed by atoms with Crippen molar-refractivity contribution in [2.24, 2.45) is 0 Å². The molecule has 0 radical (unpaired) electrons. The summed E-state index contributed by atoms with van der Waals surface area (Å²) < 4.78 is 5.26. The van der Waals surface area contributed by atoms with Crippen LogP contribution in [0.25, 0.3) is 0 Å². The van der Waals surface area contributed by atoms with Crippen LogP contribution in [0, 0.1) is 6.92 Å². The van der Waals surface area contributed by atoms with Crippen LogP contribution in [0.1, 0.15) is 19.2 Å². The van der Waals surface area contributed by atoms with E-state index in [1.165, 1.54) is 0 Å². The number of aromatic amines is 1. The summed E-state index contributed by atoms with van der Waals surface area (Å²) in [5.41, 5.74) is -0.365. The van der Waals surface area contributed by atoms with Gasteiger partial charge in [0.15, 0.2) is 11.9 Å². The molecule has 1 aliphatic rings. The van der Waals surface area contributed by atoms with Gasteiger partial charge in [0.2, 0.25) is 5.75 Å². The predicted octanol–water partition coefficient (Wildman–Crippen LogP) is 0.188. The van der Waals surface area contributed by atoms with E-state index in [2.05, 4.69) is 15.3 Å². The average Bonchev–Trinajstić information content (AvgIpc) is 2.16. The van der Waals surface area contributed by atoms with Gasteiger partial charge in [-0.05, 0) is 13.3 Å². The van der Waals surface area contributed by atoms with E-state index in [9.17, 15) is 9.59 Å². The van der Waals surface area contributed by atoms with Crippen LogP contribution in [0.15, 0.2) is 4.79 Å². The van der Waals surface area contributed by atoms with Crippen molar-refractivity contribution in [3.8, 4) is 5.75 Å². The Labute approximate surface area is 85.7 Å². The number of ether oxygens (including phenoxy) is 1. The van der Waals surface area contributed by atoms with Gasteiger partial charge in [0, 0.05) is 0 Å². The Morgan fingerprint density at radius 3 is 2.87 bits per heavy atom. The van der Waals surface area contributed by atoms with Crippen LogP contribution in [-0.2, 0) is 4.79 Å². The summed E-state index contributed by atoms with van der Waals surface area (Å²) in [6.45, 7) is 3.45. The van der Waals surface area contributed by atoms with Gasteiger partial charge in [0.05, 0.1) is 0 Å². The molecule has 15 heavy (non-hydrogen) atoms. The summed E-state index contributed by atoms with van der Waals surface area (Å²) >= 11 is 0. The Balaban J connectivity index is 2.49. The number of carbonyl (C=O) groups excluding carboxylic acids is 1. The Morgan fingerprint density at radius 1 is 1.47 bits per heavy atom. The van der Waals surface area contributed by atoms with Crippen LogP contribution in [0.3, 0.4) is 0 Å². The summed E-state index contributed by atoms with van der Waals surface area (Å²) in [6.07, 6.45) is -0.0957. The molecule has 6 nitrogen and oxygen atoms in total. The monoisotopic (exact) mass is 209 g/mol. The number of hydrogen-bond donors (Lipinski definition) is 2. The Hall–Kier alpha value is -1.85. The molecule has 0 aromatic carbocycles. The van der Waals surface area contributed by atoms with Gasteiger partial charge >= 0.3 is 0 Å². The molecule has 1 aliphatic heterocycles. The van der Waals surface area contributed by atoms with Crippen LogP contribution in [0.2, 0.25) is 0 Å². The second-order valence-electron chi connectivity index (χ2n) is 3.33. The molecule has 2 rings (SSSR count). The fraction of sp³-hybridized carbons (Fsp3) is 0.444. The first-order valence-corrected chi connectivity index (χ1v) is 4.70. The molecule has 6 heteroatoms. The maximum absolute atomic E-state index is 11.5. The van der Waals surface area contributed by atoms with Crippen molar-refractivity contribution in [3.63, 3.8) is 0 Å². The van der Waals surface area contributed by atoms with Crippen LogP contribution in [-0.4, -0.2) is 22.0 Å². The minimum atomic E-state index is -0.608. The number of hydrogen-bond acceptors (Lipinski definition) is 4. The Bertz CT molecular complexity index is 466. The normalized spacial score (nSPS) is 19.1. The number of aryl methyl sites for hydroxylation is 1. The van der Waals surface area contributed by atoms with Crippen molar-refractivity contribution in [2.45, 2.75) is 26.4 Å². The van der Waals surface area contributed by atoms with Gasteiger partial charge in [0.25, 0.3) is 11.5 Å². The lowest BCUT2D eigenvalue weighted by Gasteiger charge is -2.23. The van der Waals surface area contributed by atoms with E-state index in [4.69, 9.17) is 4.74 Å². The van der Waals surface area contributed by atoms with Crippen LogP contribution in [0.4, 0.5) is 5.82 Å². The van der Waals surface area contributed by atoms with Gasteiger partial charge in [-0.3, -0.25) is 9.59 Å². The largest absolute Gasteiger partial charge is 0.472 e. The Morgan fingerprint density at radius 2 is 2.20 bits per heavy atom. The number of amides is 1. The molecule has 0 fully saturated rings. The molecule has 1 atom stereocenters. The lowest BCUT2D eigenvalue weighted by Crippen LogP contribution is -2.39. The van der Waals surface area contributed by atoms with Crippen LogP contribution in [0.5, 0.6) is 5.75 Å². The molecule has 0 aliphatic carbocycles. The summed E-state index contributed by atoms with van der Waals surface area (Å²) in [4.78, 5) is 29.4. The van der Waals surface area contributed by atoms with Crippen LogP contribution < -0.4 is 15.6 Å². The molecule has 1 amide bonds. The molecule has 0 saturated heterocycles. The molecule has 2 N–H and O–H groups in total. The minimum absolute atomic E-state index is 0.0899. The fourth-order valence-corrected chi connectivity index (χ4v) is 1.43. The molecule has 0 saturated carbocycles. The lowest BCUT2D eigenvalue weighted by molar-refractivity contribution is -0.123. The standard InChI is InChI=1S/C9H11N3O3/c1-3-5-8(13)12-7-6(15-5)9(14)11-4(2)10-7/h5H,3H2,1-2H3,(H2,10,11,12,13,14). The van der Waals surface area contributed by atoms with E-state index < -0.39 is 6.10 Å². The smallest absolute Gasteiger partial charge is 0.295 e. The number of carbonyl (C=O) groups is 1. The van der Waals surface area contributed by atoms with E-state index >= 15 is 0 Å². The average molecular weight is 209 g/mol. The van der Waals surface area contributed by atoms with Gasteiger partial charge < -0.3 is 15.0 Å². The van der Waals surface area contributed by atoms with Crippen LogP contribution >= 0.6 is 0 Å². The van der Waals surface area contributed by atoms with Crippen molar-refractivity contribution in [2.75, 3.05) is 5.32 Å². The third-order valence-electron chi connectivity index (χ3n) is 2.16. The summed E-state index contributed by atoms with van der Waals surface area (Å²) in [6, 6.07) is 0. The zero-order chi connectivity index (χ0) is 11.0. The SMILES string of the molecule is CCC1Oc2c(nc(C)[nH]c2=O)NC1=O. The zero-order valence-electron chi connectivity index (χ0n) is 8.46. The van der Waals surface area contributed by atoms with Gasteiger partial charge in [-0.25, -0.2) is 4.98 Å². The van der Waals surface area contributed by atoms with Gasteiger partial charge in [-0.15, -0.1) is 0 Å². The highest BCUT2D eigenvalue weighted by Gasteiger charge is 2.29. The molecule has 1 unspecified atom stereocenters. The molecule has 0 spiro atoms. The first kappa shape index (κ1) is 9.70. The molecular formula is C9H11N3O3. The molecular weight excluding hydrogens is 198 g/mol. The Kier molecular flexibility index (Phi) is 2.18. The van der Waals surface area contributed by atoms with E-state index in [-0.39, 0.29) is 23.0 Å². The molecule has 1 aromatic heterocycles. The quantitative estimate of drug-likeness (QED) is 0.691. The number of nitrogens with zero attached hydrogens (tertiary/aromatic N) is 1. The van der Waals surface area contributed by atoms with Crippen molar-refractivity contribution >= 4 is 11.7 Å². The molecule has 0 bridgehead atoms. The molecule has 2 heterocycles. The van der Waals surface area contributed by atoms with E-state index in [0.717, 1.165) is 0 Å². The first-order chi connectivity index (χ1) is 7.11. The number of aromatic nitrogens is 2. The van der Waals surface area contributed by atoms with Crippen molar-refractivity contribution in [3.05, 3.63) is 16.2 Å². The summed E-state index contributed by atoms with van der Waals surface area (Å²) in [7, 11) is 0. The first-order valence-electron chi connectivity index (χ1n) is 4.70. The predicted molar refractivity (Wildman–Crippen MR) is 52.9 cm³/mol. The van der Waals surface area contributed by atoms with Gasteiger partial charge in [0.1, 0.15) is 5.82 Å². The van der Waals surface area contributed by atoms with Gasteiger partial charge in [-0.1, -0.05) is 6.92 Å². The molecule has 1 aromatic rings. The number of nitrogens with one attached hydrogen (secondary N) is 2. The van der Waals surface area contributed by atoms with E-state index in [0.29, 0.717) is 12.2 Å². The third-order valence-corrected chi connectivity index (χ3v) is 2.16. The number of rotatable bonds is 1. The summed E-state index contributed by atoms with van der Waals surface area (Å²) in [5.74, 6) is 0.470. The maximum Gasteiger partial charge on any atom is 0.295 e. The minimum Gasteiger partial charge on any atom is -0.472 e. The highest BCUT2D eigenvalue weighted by molar-refractivity contribution is 5.96.